The Labute approximate surface area is 150 Å². The molecule has 1 aromatic heterocycles. The maximum absolute atomic E-state index is 11.6. The van der Waals surface area contributed by atoms with E-state index in [2.05, 4.69) is 9.72 Å². The number of rotatable bonds is 5. The number of hydrogen-bond donors (Lipinski definition) is 0. The predicted octanol–water partition coefficient (Wildman–Crippen LogP) is 3.57. The number of nitrogens with zero attached hydrogens (tertiary/aromatic N) is 3. The first-order valence-corrected chi connectivity index (χ1v) is 7.92. The van der Waals surface area contributed by atoms with E-state index in [1.165, 1.54) is 19.4 Å². The Kier molecular flexibility index (Phi) is 4.79. The smallest absolute Gasteiger partial charge is 0.339 e. The quantitative estimate of drug-likeness (QED) is 0.397. The normalized spacial score (nSPS) is 10.5. The number of carbonyl (C=O) groups is 1. The van der Waals surface area contributed by atoms with Crippen LogP contribution in [-0.2, 0) is 11.3 Å². The third-order valence-electron chi connectivity index (χ3n) is 4.11. The summed E-state index contributed by atoms with van der Waals surface area (Å²) in [5.41, 5.74) is 0.830. The summed E-state index contributed by atoms with van der Waals surface area (Å²) >= 11 is 0. The Hall–Kier alpha value is -3.48. The number of esters is 1. The third-order valence-corrected chi connectivity index (χ3v) is 4.11. The average molecular weight is 351 g/mol. The summed E-state index contributed by atoms with van der Waals surface area (Å²) in [7, 11) is 2.95. The minimum Gasteiger partial charge on any atom is -0.465 e. The average Bonchev–Trinajstić information content (AvgIpc) is 2.67. The van der Waals surface area contributed by atoms with Gasteiger partial charge in [0.25, 0.3) is 0 Å². The van der Waals surface area contributed by atoms with Crippen LogP contribution < -0.4 is 4.90 Å². The Balaban J connectivity index is 1.97. The lowest BCUT2D eigenvalue weighted by Gasteiger charge is -2.19. The highest BCUT2D eigenvalue weighted by Crippen LogP contribution is 2.28. The second-order valence-corrected chi connectivity index (χ2v) is 5.81. The topological polar surface area (TPSA) is 85.6 Å². The molecule has 0 radical (unpaired) electrons. The molecule has 26 heavy (non-hydrogen) atoms. The second-order valence-electron chi connectivity index (χ2n) is 5.81. The Morgan fingerprint density at radius 3 is 2.69 bits per heavy atom. The molecule has 0 spiro atoms. The molecule has 7 heteroatoms. The van der Waals surface area contributed by atoms with Crippen LogP contribution in [0.1, 0.15) is 15.9 Å². The van der Waals surface area contributed by atoms with E-state index in [1.54, 1.807) is 11.9 Å². The number of fused-ring (bicyclic) bond motifs is 1. The number of ether oxygens (including phenoxy) is 1. The maximum Gasteiger partial charge on any atom is 0.339 e. The summed E-state index contributed by atoms with van der Waals surface area (Å²) in [5.74, 6) is -0.473. The molecule has 0 atom stereocenters. The van der Waals surface area contributed by atoms with Crippen molar-refractivity contribution in [3.63, 3.8) is 0 Å². The molecule has 3 aromatic rings. The molecule has 0 saturated carbocycles. The SMILES string of the molecule is COC(=O)c1cnc(N(C)Cc2cccc3ccccc23)c([N+](=O)[O-])c1. The van der Waals surface area contributed by atoms with Gasteiger partial charge in [-0.1, -0.05) is 42.5 Å². The zero-order valence-corrected chi connectivity index (χ0v) is 14.4. The molecule has 0 N–H and O–H groups in total. The lowest BCUT2D eigenvalue weighted by molar-refractivity contribution is -0.384. The van der Waals surface area contributed by atoms with Gasteiger partial charge >= 0.3 is 11.7 Å². The van der Waals surface area contributed by atoms with Crippen molar-refractivity contribution in [2.45, 2.75) is 6.54 Å². The van der Waals surface area contributed by atoms with E-state index in [4.69, 9.17) is 0 Å². The van der Waals surface area contributed by atoms with E-state index in [0.717, 1.165) is 16.3 Å². The molecule has 2 aromatic carbocycles. The third kappa shape index (κ3) is 3.32. The van der Waals surface area contributed by atoms with Gasteiger partial charge in [-0.3, -0.25) is 10.1 Å². The molecule has 0 aliphatic carbocycles. The van der Waals surface area contributed by atoms with Crippen molar-refractivity contribution in [1.29, 1.82) is 0 Å². The minimum atomic E-state index is -0.663. The van der Waals surface area contributed by atoms with Gasteiger partial charge in [-0.25, -0.2) is 9.78 Å². The molecule has 132 valence electrons. The maximum atomic E-state index is 11.6. The minimum absolute atomic E-state index is 0.0431. The van der Waals surface area contributed by atoms with Crippen molar-refractivity contribution < 1.29 is 14.5 Å². The Bertz CT molecular complexity index is 982. The van der Waals surface area contributed by atoms with E-state index in [-0.39, 0.29) is 17.1 Å². The summed E-state index contributed by atoms with van der Waals surface area (Å²) in [6, 6.07) is 15.1. The van der Waals surface area contributed by atoms with Crippen molar-refractivity contribution in [1.82, 2.24) is 4.98 Å². The molecule has 7 nitrogen and oxygen atoms in total. The number of hydrogen-bond acceptors (Lipinski definition) is 6. The molecule has 3 rings (SSSR count). The fourth-order valence-corrected chi connectivity index (χ4v) is 2.86. The van der Waals surface area contributed by atoms with Crippen molar-refractivity contribution in [3.8, 4) is 0 Å². The Morgan fingerprint density at radius 1 is 1.23 bits per heavy atom. The van der Waals surface area contributed by atoms with Gasteiger partial charge in [-0.05, 0) is 16.3 Å². The first-order chi connectivity index (χ1) is 12.5. The van der Waals surface area contributed by atoms with E-state index in [0.29, 0.717) is 6.54 Å². The number of methoxy groups -OCH3 is 1. The highest BCUT2D eigenvalue weighted by Gasteiger charge is 2.22. The lowest BCUT2D eigenvalue weighted by atomic mass is 10.0. The second kappa shape index (κ2) is 7.18. The molecular formula is C19H17N3O4. The molecule has 0 aliphatic heterocycles. The van der Waals surface area contributed by atoms with Crippen LogP contribution in [0.15, 0.2) is 54.7 Å². The first kappa shape index (κ1) is 17.3. The Morgan fingerprint density at radius 2 is 1.96 bits per heavy atom. The van der Waals surface area contributed by atoms with E-state index in [1.807, 2.05) is 42.5 Å². The number of carbonyl (C=O) groups excluding carboxylic acids is 1. The number of pyridine rings is 1. The first-order valence-electron chi connectivity index (χ1n) is 7.92. The van der Waals surface area contributed by atoms with Gasteiger partial charge in [-0.2, -0.15) is 0 Å². The number of aromatic nitrogens is 1. The molecule has 0 bridgehead atoms. The van der Waals surface area contributed by atoms with Gasteiger partial charge in [0.1, 0.15) is 0 Å². The van der Waals surface area contributed by atoms with E-state index in [9.17, 15) is 14.9 Å². The molecule has 0 saturated heterocycles. The van der Waals surface area contributed by atoms with Crippen molar-refractivity contribution in [3.05, 3.63) is 76.0 Å². The van der Waals surface area contributed by atoms with Gasteiger partial charge < -0.3 is 9.64 Å². The molecule has 0 unspecified atom stereocenters. The van der Waals surface area contributed by atoms with Crippen LogP contribution in [0.25, 0.3) is 10.8 Å². The summed E-state index contributed by atoms with van der Waals surface area (Å²) < 4.78 is 4.60. The van der Waals surface area contributed by atoms with Gasteiger partial charge in [0, 0.05) is 25.9 Å². The monoisotopic (exact) mass is 351 g/mol. The van der Waals surface area contributed by atoms with Crippen LogP contribution in [0.4, 0.5) is 11.5 Å². The summed E-state index contributed by atoms with van der Waals surface area (Å²) in [5, 5.41) is 13.6. The summed E-state index contributed by atoms with van der Waals surface area (Å²) in [6.45, 7) is 0.437. The highest BCUT2D eigenvalue weighted by molar-refractivity contribution is 5.90. The molecule has 0 fully saturated rings. The van der Waals surface area contributed by atoms with Crippen LogP contribution in [0.2, 0.25) is 0 Å². The van der Waals surface area contributed by atoms with Crippen LogP contribution >= 0.6 is 0 Å². The number of benzene rings is 2. The van der Waals surface area contributed by atoms with Crippen molar-refractivity contribution >= 4 is 28.2 Å². The molecular weight excluding hydrogens is 334 g/mol. The largest absolute Gasteiger partial charge is 0.465 e. The number of nitro groups is 1. The highest BCUT2D eigenvalue weighted by atomic mass is 16.6. The van der Waals surface area contributed by atoms with Crippen LogP contribution in [0.3, 0.4) is 0 Å². The van der Waals surface area contributed by atoms with Gasteiger partial charge in [0.05, 0.1) is 17.6 Å². The zero-order chi connectivity index (χ0) is 18.7. The predicted molar refractivity (Wildman–Crippen MR) is 98.3 cm³/mol. The van der Waals surface area contributed by atoms with Crippen LogP contribution in [0, 0.1) is 10.1 Å². The fraction of sp³-hybridized carbons (Fsp3) is 0.158. The lowest BCUT2D eigenvalue weighted by Crippen LogP contribution is -2.20. The van der Waals surface area contributed by atoms with E-state index >= 15 is 0 Å². The van der Waals surface area contributed by atoms with Crippen LogP contribution in [-0.4, -0.2) is 30.0 Å². The zero-order valence-electron chi connectivity index (χ0n) is 14.4. The van der Waals surface area contributed by atoms with Gasteiger partial charge in [0.15, 0.2) is 0 Å². The van der Waals surface area contributed by atoms with Crippen molar-refractivity contribution in [2.24, 2.45) is 0 Å². The van der Waals surface area contributed by atoms with Gasteiger partial charge in [-0.15, -0.1) is 0 Å². The van der Waals surface area contributed by atoms with Crippen molar-refractivity contribution in [2.75, 3.05) is 19.1 Å². The standard InChI is InChI=1S/C19H17N3O4/c1-21(12-14-8-5-7-13-6-3-4-9-16(13)14)18-17(22(24)25)10-15(11-20-18)19(23)26-2/h3-11H,12H2,1-2H3. The number of anilines is 1. The van der Waals surface area contributed by atoms with E-state index < -0.39 is 10.9 Å². The molecule has 0 amide bonds. The molecule has 0 aliphatic rings. The van der Waals surface area contributed by atoms with Gasteiger partial charge in [0.2, 0.25) is 5.82 Å². The fourth-order valence-electron chi connectivity index (χ4n) is 2.86. The summed E-state index contributed by atoms with van der Waals surface area (Å²) in [4.78, 5) is 28.3. The molecule has 1 heterocycles. The van der Waals surface area contributed by atoms with Crippen LogP contribution in [0.5, 0.6) is 0 Å². The summed E-state index contributed by atoms with van der Waals surface area (Å²) in [6.07, 6.45) is 1.29.